The van der Waals surface area contributed by atoms with Crippen molar-refractivity contribution >= 4 is 23.6 Å². The molecule has 2 atom stereocenters. The highest BCUT2D eigenvalue weighted by Crippen LogP contribution is 2.32. The zero-order valence-electron chi connectivity index (χ0n) is 15.0. The first-order valence-electron chi connectivity index (χ1n) is 9.02. The Morgan fingerprint density at radius 1 is 1.15 bits per heavy atom. The number of hydrogen-bond acceptors (Lipinski definition) is 3. The molecule has 2 fully saturated rings. The van der Waals surface area contributed by atoms with E-state index in [1.807, 2.05) is 30.3 Å². The van der Waals surface area contributed by atoms with Crippen LogP contribution in [0.2, 0.25) is 0 Å². The third kappa shape index (κ3) is 3.81. The quantitative estimate of drug-likeness (QED) is 0.866. The predicted molar refractivity (Wildman–Crippen MR) is 96.7 cm³/mol. The second-order valence-electron chi connectivity index (χ2n) is 7.46. The van der Waals surface area contributed by atoms with E-state index in [4.69, 9.17) is 0 Å². The molecule has 7 nitrogen and oxygen atoms in total. The van der Waals surface area contributed by atoms with Gasteiger partial charge in [-0.2, -0.15) is 0 Å². The molecule has 0 aromatic heterocycles. The number of urea groups is 1. The Bertz CT molecular complexity index is 693. The fraction of sp³-hybridized carbons (Fsp3) is 0.526. The van der Waals surface area contributed by atoms with Crippen LogP contribution in [-0.4, -0.2) is 59.0 Å². The summed E-state index contributed by atoms with van der Waals surface area (Å²) in [5.74, 6) is -1.16. The van der Waals surface area contributed by atoms with Gasteiger partial charge in [-0.3, -0.25) is 9.59 Å². The molecule has 26 heavy (non-hydrogen) atoms. The second-order valence-corrected chi connectivity index (χ2v) is 7.46. The minimum Gasteiger partial charge on any atom is -0.481 e. The van der Waals surface area contributed by atoms with Crippen LogP contribution in [0.1, 0.15) is 26.2 Å². The third-order valence-electron chi connectivity index (χ3n) is 5.38. The number of nitrogens with one attached hydrogen (secondary N) is 1. The Kier molecular flexibility index (Phi) is 5.15. The number of aliphatic carboxylic acids is 1. The van der Waals surface area contributed by atoms with Crippen LogP contribution in [0, 0.1) is 11.3 Å². The number of para-hydroxylation sites is 1. The van der Waals surface area contributed by atoms with E-state index >= 15 is 0 Å². The topological polar surface area (TPSA) is 90.0 Å². The van der Waals surface area contributed by atoms with Crippen LogP contribution in [-0.2, 0) is 9.59 Å². The van der Waals surface area contributed by atoms with Crippen LogP contribution in [0.25, 0.3) is 0 Å². The third-order valence-corrected chi connectivity index (χ3v) is 5.38. The number of carboxylic acid groups (broad SMARTS) is 1. The van der Waals surface area contributed by atoms with Crippen molar-refractivity contribution in [2.24, 2.45) is 11.3 Å². The van der Waals surface area contributed by atoms with Crippen molar-refractivity contribution in [3.63, 3.8) is 0 Å². The molecule has 2 saturated heterocycles. The number of hydrogen-bond donors (Lipinski definition) is 2. The molecule has 2 aliphatic rings. The molecule has 3 amide bonds. The molecular weight excluding hydrogens is 334 g/mol. The van der Waals surface area contributed by atoms with Gasteiger partial charge in [-0.1, -0.05) is 18.2 Å². The summed E-state index contributed by atoms with van der Waals surface area (Å²) < 4.78 is 0. The van der Waals surface area contributed by atoms with Gasteiger partial charge in [0, 0.05) is 31.9 Å². The van der Waals surface area contributed by atoms with Crippen molar-refractivity contribution in [2.75, 3.05) is 31.5 Å². The minimum absolute atomic E-state index is 0.0350. The summed E-state index contributed by atoms with van der Waals surface area (Å²) in [5.41, 5.74) is -0.142. The lowest BCUT2D eigenvalue weighted by Gasteiger charge is -2.34. The molecule has 0 spiro atoms. The summed E-state index contributed by atoms with van der Waals surface area (Å²) in [7, 11) is 0. The van der Waals surface area contributed by atoms with E-state index < -0.39 is 11.4 Å². The Morgan fingerprint density at radius 3 is 2.54 bits per heavy atom. The Hall–Kier alpha value is -2.57. The average molecular weight is 359 g/mol. The molecule has 2 N–H and O–H groups in total. The smallest absolute Gasteiger partial charge is 0.321 e. The van der Waals surface area contributed by atoms with Crippen LogP contribution in [0.5, 0.6) is 0 Å². The number of nitrogens with zero attached hydrogens (tertiary/aromatic N) is 2. The van der Waals surface area contributed by atoms with Crippen molar-refractivity contribution in [1.29, 1.82) is 0 Å². The first kappa shape index (κ1) is 18.2. The Labute approximate surface area is 153 Å². The van der Waals surface area contributed by atoms with E-state index in [9.17, 15) is 19.5 Å². The summed E-state index contributed by atoms with van der Waals surface area (Å²) in [5, 5.41) is 12.2. The van der Waals surface area contributed by atoms with Gasteiger partial charge in [-0.05, 0) is 38.3 Å². The van der Waals surface area contributed by atoms with Gasteiger partial charge in [-0.25, -0.2) is 4.79 Å². The van der Waals surface area contributed by atoms with Gasteiger partial charge in [0.15, 0.2) is 0 Å². The van der Waals surface area contributed by atoms with Gasteiger partial charge in [0.2, 0.25) is 5.91 Å². The molecule has 2 aliphatic heterocycles. The van der Waals surface area contributed by atoms with Gasteiger partial charge >= 0.3 is 12.0 Å². The number of carbonyl (C=O) groups is 3. The maximum atomic E-state index is 12.8. The highest BCUT2D eigenvalue weighted by Gasteiger charge is 2.44. The van der Waals surface area contributed by atoms with Crippen molar-refractivity contribution in [1.82, 2.24) is 9.80 Å². The molecule has 2 heterocycles. The van der Waals surface area contributed by atoms with Gasteiger partial charge in [0.1, 0.15) is 0 Å². The van der Waals surface area contributed by atoms with E-state index in [-0.39, 0.29) is 24.4 Å². The van der Waals surface area contributed by atoms with E-state index in [0.717, 1.165) is 18.5 Å². The standard InChI is InChI=1S/C19H25N3O4/c1-19(17(24)25)9-11-22(13-19)16(23)14-6-5-10-21(12-14)18(26)20-15-7-3-2-4-8-15/h2-4,7-8,14H,5-6,9-13H2,1H3,(H,20,26)(H,24,25). The maximum absolute atomic E-state index is 12.8. The lowest BCUT2D eigenvalue weighted by molar-refractivity contribution is -0.147. The lowest BCUT2D eigenvalue weighted by Crippen LogP contribution is -2.48. The molecule has 2 unspecified atom stereocenters. The van der Waals surface area contributed by atoms with Gasteiger partial charge in [0.25, 0.3) is 0 Å². The molecule has 0 saturated carbocycles. The fourth-order valence-corrected chi connectivity index (χ4v) is 3.67. The number of benzene rings is 1. The van der Waals surface area contributed by atoms with E-state index in [0.29, 0.717) is 26.1 Å². The molecule has 0 aliphatic carbocycles. The molecule has 3 rings (SSSR count). The molecule has 140 valence electrons. The first-order chi connectivity index (χ1) is 12.4. The zero-order chi connectivity index (χ0) is 18.7. The zero-order valence-corrected chi connectivity index (χ0v) is 15.0. The second kappa shape index (κ2) is 7.35. The largest absolute Gasteiger partial charge is 0.481 e. The Balaban J connectivity index is 1.59. The Morgan fingerprint density at radius 2 is 1.88 bits per heavy atom. The van der Waals surface area contributed by atoms with Crippen LogP contribution in [0.4, 0.5) is 10.5 Å². The van der Waals surface area contributed by atoms with E-state index in [2.05, 4.69) is 5.32 Å². The SMILES string of the molecule is CC1(C(=O)O)CCN(C(=O)C2CCCN(C(=O)Nc3ccccc3)C2)C1. The number of amides is 3. The number of likely N-dealkylation sites (tertiary alicyclic amines) is 2. The van der Waals surface area contributed by atoms with Gasteiger partial charge < -0.3 is 20.2 Å². The monoisotopic (exact) mass is 359 g/mol. The fourth-order valence-electron chi connectivity index (χ4n) is 3.67. The molecule has 1 aromatic rings. The van der Waals surface area contributed by atoms with Crippen LogP contribution < -0.4 is 5.32 Å². The molecule has 0 bridgehead atoms. The van der Waals surface area contributed by atoms with Gasteiger partial charge in [-0.15, -0.1) is 0 Å². The average Bonchev–Trinajstić information content (AvgIpc) is 3.06. The van der Waals surface area contributed by atoms with E-state index in [1.165, 1.54) is 0 Å². The van der Waals surface area contributed by atoms with Crippen LogP contribution >= 0.6 is 0 Å². The van der Waals surface area contributed by atoms with Crippen molar-refractivity contribution in [3.8, 4) is 0 Å². The number of carboxylic acids is 1. The maximum Gasteiger partial charge on any atom is 0.321 e. The molecule has 1 aromatic carbocycles. The summed E-state index contributed by atoms with van der Waals surface area (Å²) in [4.78, 5) is 40.0. The van der Waals surface area contributed by atoms with E-state index in [1.54, 1.807) is 16.7 Å². The molecule has 7 heteroatoms. The summed E-state index contributed by atoms with van der Waals surface area (Å²) in [6.07, 6.45) is 1.97. The molecular formula is C19H25N3O4. The van der Waals surface area contributed by atoms with Crippen molar-refractivity contribution < 1.29 is 19.5 Å². The summed E-state index contributed by atoms with van der Waals surface area (Å²) >= 11 is 0. The number of carbonyl (C=O) groups excluding carboxylic acids is 2. The predicted octanol–water partition coefficient (Wildman–Crippen LogP) is 2.25. The molecule has 0 radical (unpaired) electrons. The number of anilines is 1. The highest BCUT2D eigenvalue weighted by atomic mass is 16.4. The normalized spacial score (nSPS) is 25.8. The van der Waals surface area contributed by atoms with Gasteiger partial charge in [0.05, 0.1) is 11.3 Å². The highest BCUT2D eigenvalue weighted by molar-refractivity contribution is 5.90. The summed E-state index contributed by atoms with van der Waals surface area (Å²) in [6, 6.07) is 9.02. The van der Waals surface area contributed by atoms with Crippen LogP contribution in [0.15, 0.2) is 30.3 Å². The number of rotatable bonds is 3. The van der Waals surface area contributed by atoms with Crippen LogP contribution in [0.3, 0.4) is 0 Å². The van der Waals surface area contributed by atoms with Crippen molar-refractivity contribution in [2.45, 2.75) is 26.2 Å². The number of piperidine rings is 1. The first-order valence-corrected chi connectivity index (χ1v) is 9.02. The minimum atomic E-state index is -0.866. The summed E-state index contributed by atoms with van der Waals surface area (Å²) in [6.45, 7) is 3.39. The lowest BCUT2D eigenvalue weighted by atomic mass is 9.90. The van der Waals surface area contributed by atoms with Crippen molar-refractivity contribution in [3.05, 3.63) is 30.3 Å².